The molecule has 0 saturated heterocycles. The Bertz CT molecular complexity index is 304. The minimum atomic E-state index is 0.521. The fraction of sp³-hybridized carbons (Fsp3) is 0.615. The van der Waals surface area contributed by atoms with Gasteiger partial charge in [0.1, 0.15) is 0 Å². The van der Waals surface area contributed by atoms with Crippen molar-refractivity contribution in [3.8, 4) is 0 Å². The second-order valence-corrected chi connectivity index (χ2v) is 3.87. The van der Waals surface area contributed by atoms with Crippen molar-refractivity contribution in [2.75, 3.05) is 33.5 Å². The van der Waals surface area contributed by atoms with E-state index in [0.717, 1.165) is 17.7 Å². The predicted molar refractivity (Wildman–Crippen MR) is 69.1 cm³/mol. The zero-order valence-corrected chi connectivity index (χ0v) is 10.9. The van der Waals surface area contributed by atoms with Crippen LogP contribution < -0.4 is 5.73 Å². The van der Waals surface area contributed by atoms with E-state index >= 15 is 0 Å². The fourth-order valence-electron chi connectivity index (χ4n) is 1.35. The molecule has 5 heteroatoms. The highest BCUT2D eigenvalue weighted by atomic mass is 16.5. The second kappa shape index (κ2) is 9.96. The number of rotatable bonds is 10. The van der Waals surface area contributed by atoms with Crippen LogP contribution in [0.25, 0.3) is 0 Å². The molecular weight excluding hydrogens is 232 g/mol. The molecule has 0 amide bonds. The normalized spacial score (nSPS) is 10.8. The van der Waals surface area contributed by atoms with Gasteiger partial charge >= 0.3 is 0 Å². The lowest BCUT2D eigenvalue weighted by molar-refractivity contribution is 0.0478. The number of methoxy groups -OCH3 is 1. The molecule has 1 aromatic rings. The molecule has 0 aliphatic heterocycles. The molecule has 1 heterocycles. The van der Waals surface area contributed by atoms with E-state index in [4.69, 9.17) is 19.9 Å². The quantitative estimate of drug-likeness (QED) is 0.634. The van der Waals surface area contributed by atoms with Crippen molar-refractivity contribution in [2.45, 2.75) is 19.6 Å². The van der Waals surface area contributed by atoms with Gasteiger partial charge in [-0.3, -0.25) is 4.98 Å². The molecule has 0 aromatic carbocycles. The molecule has 18 heavy (non-hydrogen) atoms. The maximum absolute atomic E-state index is 5.50. The first-order valence-corrected chi connectivity index (χ1v) is 6.15. The summed E-state index contributed by atoms with van der Waals surface area (Å²) in [6.07, 6.45) is 2.66. The molecular formula is C13H22N2O3. The van der Waals surface area contributed by atoms with E-state index in [1.54, 1.807) is 13.3 Å². The first kappa shape index (κ1) is 15.0. The number of nitrogens with zero attached hydrogens (tertiary/aromatic N) is 1. The lowest BCUT2D eigenvalue weighted by atomic mass is 10.2. The summed E-state index contributed by atoms with van der Waals surface area (Å²) < 4.78 is 15.7. The van der Waals surface area contributed by atoms with E-state index < -0.39 is 0 Å². The minimum absolute atomic E-state index is 0.521. The van der Waals surface area contributed by atoms with E-state index in [-0.39, 0.29) is 0 Å². The van der Waals surface area contributed by atoms with E-state index in [9.17, 15) is 0 Å². The third-order valence-corrected chi connectivity index (χ3v) is 2.38. The molecule has 0 atom stereocenters. The molecule has 0 aliphatic carbocycles. The lowest BCUT2D eigenvalue weighted by Gasteiger charge is -2.05. The van der Waals surface area contributed by atoms with Gasteiger partial charge in [-0.2, -0.15) is 0 Å². The van der Waals surface area contributed by atoms with Crippen LogP contribution in [0.1, 0.15) is 17.7 Å². The Hall–Kier alpha value is -1.01. The first-order valence-electron chi connectivity index (χ1n) is 6.15. The van der Waals surface area contributed by atoms with Crippen molar-refractivity contribution in [2.24, 2.45) is 5.73 Å². The molecule has 5 nitrogen and oxygen atoms in total. The first-order chi connectivity index (χ1) is 8.86. The highest BCUT2D eigenvalue weighted by Gasteiger charge is 1.96. The second-order valence-electron chi connectivity index (χ2n) is 3.87. The van der Waals surface area contributed by atoms with Crippen LogP contribution in [-0.4, -0.2) is 38.5 Å². The van der Waals surface area contributed by atoms with E-state index in [0.29, 0.717) is 39.6 Å². The Morgan fingerprint density at radius 2 is 1.94 bits per heavy atom. The Kier molecular flexibility index (Phi) is 8.33. The molecule has 102 valence electrons. The third kappa shape index (κ3) is 6.66. The zero-order chi connectivity index (χ0) is 13.1. The molecule has 2 N–H and O–H groups in total. The van der Waals surface area contributed by atoms with Crippen LogP contribution in [0.2, 0.25) is 0 Å². The van der Waals surface area contributed by atoms with Gasteiger partial charge in [-0.25, -0.2) is 0 Å². The van der Waals surface area contributed by atoms with E-state index in [1.165, 1.54) is 0 Å². The average Bonchev–Trinajstić information content (AvgIpc) is 2.42. The summed E-state index contributed by atoms with van der Waals surface area (Å²) in [6, 6.07) is 3.91. The maximum atomic E-state index is 5.50. The zero-order valence-electron chi connectivity index (χ0n) is 10.9. The fourth-order valence-corrected chi connectivity index (χ4v) is 1.35. The molecule has 0 unspecified atom stereocenters. The minimum Gasteiger partial charge on any atom is -0.382 e. The number of hydrogen-bond acceptors (Lipinski definition) is 5. The average molecular weight is 254 g/mol. The van der Waals surface area contributed by atoms with Crippen molar-refractivity contribution < 1.29 is 14.2 Å². The molecule has 0 spiro atoms. The van der Waals surface area contributed by atoms with Crippen LogP contribution in [0.15, 0.2) is 18.3 Å². The Morgan fingerprint density at radius 1 is 1.11 bits per heavy atom. The Labute approximate surface area is 108 Å². The molecule has 1 rings (SSSR count). The van der Waals surface area contributed by atoms with Gasteiger partial charge in [0.05, 0.1) is 25.5 Å². The summed E-state index contributed by atoms with van der Waals surface area (Å²) in [4.78, 5) is 4.26. The summed E-state index contributed by atoms with van der Waals surface area (Å²) in [5.41, 5.74) is 7.45. The van der Waals surface area contributed by atoms with Gasteiger partial charge in [-0.05, 0) is 18.1 Å². The number of nitrogens with two attached hydrogens (primary N) is 1. The van der Waals surface area contributed by atoms with Gasteiger partial charge < -0.3 is 19.9 Å². The van der Waals surface area contributed by atoms with Crippen LogP contribution >= 0.6 is 0 Å². The van der Waals surface area contributed by atoms with Crippen molar-refractivity contribution in [3.63, 3.8) is 0 Å². The van der Waals surface area contributed by atoms with Crippen molar-refractivity contribution in [3.05, 3.63) is 29.6 Å². The van der Waals surface area contributed by atoms with Gasteiger partial charge in [0.2, 0.25) is 0 Å². The predicted octanol–water partition coefficient (Wildman–Crippen LogP) is 1.11. The largest absolute Gasteiger partial charge is 0.382 e. The van der Waals surface area contributed by atoms with E-state index in [1.807, 2.05) is 12.1 Å². The van der Waals surface area contributed by atoms with Gasteiger partial charge in [0.25, 0.3) is 0 Å². The van der Waals surface area contributed by atoms with Gasteiger partial charge in [0.15, 0.2) is 0 Å². The summed E-state index contributed by atoms with van der Waals surface area (Å²) in [5, 5.41) is 0. The summed E-state index contributed by atoms with van der Waals surface area (Å²) >= 11 is 0. The Morgan fingerprint density at radius 3 is 2.61 bits per heavy atom. The highest BCUT2D eigenvalue weighted by molar-refractivity contribution is 5.13. The molecule has 0 aliphatic rings. The topological polar surface area (TPSA) is 66.6 Å². The number of aromatic nitrogens is 1. The standard InChI is InChI=1S/C13H22N2O3/c1-16-7-8-17-5-2-6-18-11-13-4-3-12(9-14)10-15-13/h3-4,10H,2,5-9,11,14H2,1H3. The van der Waals surface area contributed by atoms with Crippen LogP contribution in [0.4, 0.5) is 0 Å². The molecule has 0 bridgehead atoms. The SMILES string of the molecule is COCCOCCCOCc1ccc(CN)cn1. The molecule has 0 radical (unpaired) electrons. The Balaban J connectivity index is 2.00. The molecule has 1 aromatic heterocycles. The van der Waals surface area contributed by atoms with Crippen LogP contribution in [0.5, 0.6) is 0 Å². The number of pyridine rings is 1. The number of hydrogen-bond donors (Lipinski definition) is 1. The maximum Gasteiger partial charge on any atom is 0.0887 e. The van der Waals surface area contributed by atoms with Crippen LogP contribution in [-0.2, 0) is 27.4 Å². The third-order valence-electron chi connectivity index (χ3n) is 2.38. The number of ether oxygens (including phenoxy) is 3. The monoisotopic (exact) mass is 254 g/mol. The van der Waals surface area contributed by atoms with Gasteiger partial charge in [0, 0.05) is 33.1 Å². The molecule has 0 saturated carbocycles. The summed E-state index contributed by atoms with van der Waals surface area (Å²) in [7, 11) is 1.66. The van der Waals surface area contributed by atoms with Crippen molar-refractivity contribution in [1.29, 1.82) is 0 Å². The van der Waals surface area contributed by atoms with Crippen molar-refractivity contribution in [1.82, 2.24) is 4.98 Å². The smallest absolute Gasteiger partial charge is 0.0887 e. The van der Waals surface area contributed by atoms with Gasteiger partial charge in [-0.15, -0.1) is 0 Å². The van der Waals surface area contributed by atoms with Crippen LogP contribution in [0, 0.1) is 0 Å². The summed E-state index contributed by atoms with van der Waals surface area (Å²) in [5.74, 6) is 0. The van der Waals surface area contributed by atoms with E-state index in [2.05, 4.69) is 4.98 Å². The lowest BCUT2D eigenvalue weighted by Crippen LogP contribution is -2.06. The van der Waals surface area contributed by atoms with Crippen molar-refractivity contribution >= 4 is 0 Å². The van der Waals surface area contributed by atoms with Crippen LogP contribution in [0.3, 0.4) is 0 Å². The molecule has 0 fully saturated rings. The highest BCUT2D eigenvalue weighted by Crippen LogP contribution is 2.01. The van der Waals surface area contributed by atoms with Gasteiger partial charge in [-0.1, -0.05) is 6.07 Å². The summed E-state index contributed by atoms with van der Waals surface area (Å²) in [6.45, 7) is 3.70.